The van der Waals surface area contributed by atoms with Gasteiger partial charge in [-0.3, -0.25) is 4.98 Å². The third-order valence-electron chi connectivity index (χ3n) is 3.21. The summed E-state index contributed by atoms with van der Waals surface area (Å²) in [6.07, 6.45) is 3.47. The van der Waals surface area contributed by atoms with Crippen LogP contribution in [0.3, 0.4) is 0 Å². The fraction of sp³-hybridized carbons (Fsp3) is 0.312. The molecule has 5 heteroatoms. The van der Waals surface area contributed by atoms with Gasteiger partial charge in [0.05, 0.1) is 26.8 Å². The van der Waals surface area contributed by atoms with Crippen LogP contribution in [0.15, 0.2) is 36.5 Å². The number of nitrogens with one attached hydrogen (secondary N) is 1. The summed E-state index contributed by atoms with van der Waals surface area (Å²) in [5.41, 5.74) is 1.82. The number of aromatic nitrogens is 1. The third kappa shape index (κ3) is 4.33. The SMILES string of the molecule is CCCNC(Cc1cccc(Cl)c1Cl)c1ncccc1Cl. The normalized spacial score (nSPS) is 12.4. The highest BCUT2D eigenvalue weighted by Crippen LogP contribution is 2.30. The molecule has 112 valence electrons. The van der Waals surface area contributed by atoms with Crippen LogP contribution in [0.4, 0.5) is 0 Å². The van der Waals surface area contributed by atoms with E-state index >= 15 is 0 Å². The monoisotopic (exact) mass is 342 g/mol. The minimum Gasteiger partial charge on any atom is -0.308 e. The zero-order valence-corrected chi connectivity index (χ0v) is 14.0. The highest BCUT2D eigenvalue weighted by molar-refractivity contribution is 6.42. The third-order valence-corrected chi connectivity index (χ3v) is 4.39. The number of benzene rings is 1. The average Bonchev–Trinajstić information content (AvgIpc) is 2.48. The predicted molar refractivity (Wildman–Crippen MR) is 90.4 cm³/mol. The summed E-state index contributed by atoms with van der Waals surface area (Å²) >= 11 is 18.6. The Bertz CT molecular complexity index is 602. The van der Waals surface area contributed by atoms with E-state index < -0.39 is 0 Å². The Morgan fingerprint density at radius 3 is 2.57 bits per heavy atom. The molecule has 0 fully saturated rings. The number of pyridine rings is 1. The molecule has 1 aromatic carbocycles. The van der Waals surface area contributed by atoms with E-state index in [9.17, 15) is 0 Å². The lowest BCUT2D eigenvalue weighted by Crippen LogP contribution is -2.25. The lowest BCUT2D eigenvalue weighted by molar-refractivity contribution is 0.518. The Kier molecular flexibility index (Phi) is 6.31. The molecule has 2 nitrogen and oxygen atoms in total. The first-order chi connectivity index (χ1) is 10.1. The van der Waals surface area contributed by atoms with Crippen LogP contribution in [-0.2, 0) is 6.42 Å². The van der Waals surface area contributed by atoms with E-state index in [2.05, 4.69) is 17.2 Å². The van der Waals surface area contributed by atoms with E-state index in [0.717, 1.165) is 24.2 Å². The Morgan fingerprint density at radius 1 is 1.10 bits per heavy atom. The van der Waals surface area contributed by atoms with Gasteiger partial charge >= 0.3 is 0 Å². The standard InChI is InChI=1S/C16H17Cl3N2/c1-2-8-20-14(16-13(18)7-4-9-21-16)10-11-5-3-6-12(17)15(11)19/h3-7,9,14,20H,2,8,10H2,1H3. The van der Waals surface area contributed by atoms with Gasteiger partial charge in [0.25, 0.3) is 0 Å². The van der Waals surface area contributed by atoms with Crippen LogP contribution in [0.5, 0.6) is 0 Å². The highest BCUT2D eigenvalue weighted by atomic mass is 35.5. The molecular formula is C16H17Cl3N2. The van der Waals surface area contributed by atoms with Crippen molar-refractivity contribution < 1.29 is 0 Å². The van der Waals surface area contributed by atoms with Crippen LogP contribution < -0.4 is 5.32 Å². The number of rotatable bonds is 6. The Morgan fingerprint density at radius 2 is 1.86 bits per heavy atom. The quantitative estimate of drug-likeness (QED) is 0.767. The molecule has 1 aromatic heterocycles. The van der Waals surface area contributed by atoms with Crippen molar-refractivity contribution in [3.63, 3.8) is 0 Å². The zero-order valence-electron chi connectivity index (χ0n) is 11.7. The van der Waals surface area contributed by atoms with Crippen molar-refractivity contribution >= 4 is 34.8 Å². The maximum absolute atomic E-state index is 6.29. The summed E-state index contributed by atoms with van der Waals surface area (Å²) < 4.78 is 0. The molecule has 1 atom stereocenters. The number of hydrogen-bond acceptors (Lipinski definition) is 2. The Labute approximate surface area is 140 Å². The molecular weight excluding hydrogens is 327 g/mol. The van der Waals surface area contributed by atoms with Gasteiger partial charge in [0.1, 0.15) is 0 Å². The first kappa shape index (κ1) is 16.6. The first-order valence-electron chi connectivity index (χ1n) is 6.90. The van der Waals surface area contributed by atoms with E-state index in [1.54, 1.807) is 12.3 Å². The summed E-state index contributed by atoms with van der Waals surface area (Å²) in [5.74, 6) is 0. The molecule has 0 bridgehead atoms. The van der Waals surface area contributed by atoms with Crippen molar-refractivity contribution in [2.75, 3.05) is 6.54 Å². The molecule has 0 aliphatic rings. The topological polar surface area (TPSA) is 24.9 Å². The molecule has 21 heavy (non-hydrogen) atoms. The minimum absolute atomic E-state index is 0.00890. The van der Waals surface area contributed by atoms with Crippen molar-refractivity contribution in [2.45, 2.75) is 25.8 Å². The van der Waals surface area contributed by atoms with Crippen molar-refractivity contribution in [3.05, 3.63) is 62.9 Å². The van der Waals surface area contributed by atoms with Gasteiger partial charge in [-0.05, 0) is 43.1 Å². The van der Waals surface area contributed by atoms with Gasteiger partial charge in [-0.15, -0.1) is 0 Å². The van der Waals surface area contributed by atoms with E-state index in [1.165, 1.54) is 0 Å². The van der Waals surface area contributed by atoms with Gasteiger partial charge < -0.3 is 5.32 Å². The van der Waals surface area contributed by atoms with Gasteiger partial charge in [0.15, 0.2) is 0 Å². The van der Waals surface area contributed by atoms with Crippen LogP contribution in [0.2, 0.25) is 15.1 Å². The van der Waals surface area contributed by atoms with Gasteiger partial charge in [-0.2, -0.15) is 0 Å². The van der Waals surface area contributed by atoms with E-state index in [0.29, 0.717) is 21.5 Å². The highest BCUT2D eigenvalue weighted by Gasteiger charge is 2.18. The lowest BCUT2D eigenvalue weighted by Gasteiger charge is -2.20. The second kappa shape index (κ2) is 8.00. The maximum Gasteiger partial charge on any atom is 0.0762 e. The molecule has 0 spiro atoms. The molecule has 0 radical (unpaired) electrons. The van der Waals surface area contributed by atoms with Crippen LogP contribution in [-0.4, -0.2) is 11.5 Å². The molecule has 0 saturated carbocycles. The largest absolute Gasteiger partial charge is 0.308 e. The molecule has 1 heterocycles. The van der Waals surface area contributed by atoms with Crippen LogP contribution >= 0.6 is 34.8 Å². The molecule has 2 aromatic rings. The summed E-state index contributed by atoms with van der Waals surface area (Å²) in [7, 11) is 0. The fourth-order valence-electron chi connectivity index (χ4n) is 2.16. The van der Waals surface area contributed by atoms with Crippen molar-refractivity contribution in [2.24, 2.45) is 0 Å². The van der Waals surface area contributed by atoms with Gasteiger partial charge in [-0.25, -0.2) is 0 Å². The molecule has 1 unspecified atom stereocenters. The van der Waals surface area contributed by atoms with Crippen LogP contribution in [0, 0.1) is 0 Å². The molecule has 1 N–H and O–H groups in total. The number of nitrogens with zero attached hydrogens (tertiary/aromatic N) is 1. The second-order valence-corrected chi connectivity index (χ2v) is 5.99. The molecule has 0 aliphatic carbocycles. The Hall–Kier alpha value is -0.800. The molecule has 2 rings (SSSR count). The summed E-state index contributed by atoms with van der Waals surface area (Å²) in [4.78, 5) is 4.41. The average molecular weight is 344 g/mol. The van der Waals surface area contributed by atoms with E-state index in [1.807, 2.05) is 24.3 Å². The molecule has 0 saturated heterocycles. The smallest absolute Gasteiger partial charge is 0.0762 e. The van der Waals surface area contributed by atoms with Crippen molar-refractivity contribution in [3.8, 4) is 0 Å². The van der Waals surface area contributed by atoms with Crippen molar-refractivity contribution in [1.82, 2.24) is 10.3 Å². The molecule has 0 amide bonds. The van der Waals surface area contributed by atoms with Crippen LogP contribution in [0.1, 0.15) is 30.6 Å². The van der Waals surface area contributed by atoms with Crippen molar-refractivity contribution in [1.29, 1.82) is 0 Å². The maximum atomic E-state index is 6.29. The van der Waals surface area contributed by atoms with E-state index in [-0.39, 0.29) is 6.04 Å². The lowest BCUT2D eigenvalue weighted by atomic mass is 10.0. The zero-order chi connectivity index (χ0) is 15.2. The van der Waals surface area contributed by atoms with Gasteiger partial charge in [0, 0.05) is 6.20 Å². The summed E-state index contributed by atoms with van der Waals surface area (Å²) in [6, 6.07) is 9.36. The predicted octanol–water partition coefficient (Wildman–Crippen LogP) is 5.33. The second-order valence-electron chi connectivity index (χ2n) is 4.79. The summed E-state index contributed by atoms with van der Waals surface area (Å²) in [5, 5.41) is 5.29. The summed E-state index contributed by atoms with van der Waals surface area (Å²) in [6.45, 7) is 3.01. The van der Waals surface area contributed by atoms with Gasteiger partial charge in [-0.1, -0.05) is 53.9 Å². The fourth-order valence-corrected chi connectivity index (χ4v) is 2.81. The van der Waals surface area contributed by atoms with Gasteiger partial charge in [0.2, 0.25) is 0 Å². The number of hydrogen-bond donors (Lipinski definition) is 1. The Balaban J connectivity index is 2.28. The van der Waals surface area contributed by atoms with E-state index in [4.69, 9.17) is 34.8 Å². The number of halogens is 3. The molecule has 0 aliphatic heterocycles. The van der Waals surface area contributed by atoms with Crippen LogP contribution in [0.25, 0.3) is 0 Å². The minimum atomic E-state index is 0.00890. The first-order valence-corrected chi connectivity index (χ1v) is 8.03.